The van der Waals surface area contributed by atoms with E-state index in [4.69, 9.17) is 11.1 Å². The van der Waals surface area contributed by atoms with Gasteiger partial charge in [-0.3, -0.25) is 5.41 Å². The fourth-order valence-corrected chi connectivity index (χ4v) is 3.07. The summed E-state index contributed by atoms with van der Waals surface area (Å²) in [5.41, 5.74) is 5.55. The number of aliphatic imine (C=N–C) groups is 1. The molecule has 0 aromatic carbocycles. The molecule has 2 saturated heterocycles. The van der Waals surface area contributed by atoms with Crippen molar-refractivity contribution in [1.82, 2.24) is 15.5 Å². The van der Waals surface area contributed by atoms with Gasteiger partial charge in [-0.05, 0) is 19.8 Å². The first-order chi connectivity index (χ1) is 7.13. The van der Waals surface area contributed by atoms with Crippen LogP contribution in [0.5, 0.6) is 0 Å². The third kappa shape index (κ3) is 0.938. The highest BCUT2D eigenvalue weighted by molar-refractivity contribution is 5.86. The van der Waals surface area contributed by atoms with Gasteiger partial charge in [0, 0.05) is 6.54 Å². The molecule has 15 heavy (non-hydrogen) atoms. The largest absolute Gasteiger partial charge is 0.370 e. The van der Waals surface area contributed by atoms with E-state index in [-0.39, 0.29) is 17.7 Å². The first-order valence-corrected chi connectivity index (χ1v) is 5.38. The lowest BCUT2D eigenvalue weighted by Crippen LogP contribution is -2.72. The predicted octanol–water partition coefficient (Wildman–Crippen LogP) is -1.01. The van der Waals surface area contributed by atoms with Crippen LogP contribution in [0.1, 0.15) is 19.8 Å². The Balaban J connectivity index is 2.04. The van der Waals surface area contributed by atoms with Crippen LogP contribution in [0, 0.1) is 5.41 Å². The van der Waals surface area contributed by atoms with E-state index in [0.29, 0.717) is 11.9 Å². The summed E-state index contributed by atoms with van der Waals surface area (Å²) in [6.07, 6.45) is 2.10. The SMILES string of the molecule is C[C@@H]1NC(=N)N2CCC[C@@]23NC(N)=N[C@@H]13. The van der Waals surface area contributed by atoms with Crippen molar-refractivity contribution in [3.63, 3.8) is 0 Å². The normalized spacial score (nSPS) is 42.9. The molecule has 0 aliphatic carbocycles. The molecule has 0 aromatic heterocycles. The van der Waals surface area contributed by atoms with Gasteiger partial charge in [0.05, 0.1) is 6.04 Å². The van der Waals surface area contributed by atoms with E-state index >= 15 is 0 Å². The van der Waals surface area contributed by atoms with Crippen molar-refractivity contribution >= 4 is 11.9 Å². The molecule has 6 nitrogen and oxygen atoms in total. The van der Waals surface area contributed by atoms with Gasteiger partial charge in [-0.15, -0.1) is 0 Å². The van der Waals surface area contributed by atoms with Crippen LogP contribution < -0.4 is 16.4 Å². The second kappa shape index (κ2) is 2.56. The maximum Gasteiger partial charge on any atom is 0.193 e. The molecule has 3 rings (SSSR count). The second-order valence-corrected chi connectivity index (χ2v) is 4.55. The van der Waals surface area contributed by atoms with E-state index in [9.17, 15) is 0 Å². The molecule has 0 saturated carbocycles. The van der Waals surface area contributed by atoms with E-state index in [2.05, 4.69) is 27.4 Å². The zero-order chi connectivity index (χ0) is 10.6. The van der Waals surface area contributed by atoms with Crippen LogP contribution in [0.3, 0.4) is 0 Å². The van der Waals surface area contributed by atoms with Gasteiger partial charge in [0.2, 0.25) is 0 Å². The molecule has 0 radical (unpaired) electrons. The second-order valence-electron chi connectivity index (χ2n) is 4.55. The molecule has 0 amide bonds. The summed E-state index contributed by atoms with van der Waals surface area (Å²) >= 11 is 0. The Morgan fingerprint density at radius 2 is 2.47 bits per heavy atom. The minimum atomic E-state index is -0.216. The Morgan fingerprint density at radius 3 is 3.27 bits per heavy atom. The molecule has 0 unspecified atom stereocenters. The standard InChI is InChI=1S/C9H16N6/c1-5-6-9(14-7(10)13-6)3-2-4-15(9)8(11)12-5/h5-6H,2-4H2,1H3,(H2,11,12)(H3,10,13,14)/t5-,6-,9+/m0/s1. The van der Waals surface area contributed by atoms with Crippen molar-refractivity contribution < 1.29 is 0 Å². The minimum Gasteiger partial charge on any atom is -0.370 e. The minimum absolute atomic E-state index is 0.120. The highest BCUT2D eigenvalue weighted by Gasteiger charge is 2.56. The van der Waals surface area contributed by atoms with Crippen LogP contribution >= 0.6 is 0 Å². The summed E-state index contributed by atoms with van der Waals surface area (Å²) in [7, 11) is 0. The number of guanidine groups is 2. The fraction of sp³-hybridized carbons (Fsp3) is 0.778. The summed E-state index contributed by atoms with van der Waals surface area (Å²) in [6, 6.07) is 0.287. The van der Waals surface area contributed by atoms with Gasteiger partial charge in [0.15, 0.2) is 11.9 Å². The molecular weight excluding hydrogens is 192 g/mol. The third-order valence-corrected chi connectivity index (χ3v) is 3.64. The fourth-order valence-electron chi connectivity index (χ4n) is 3.07. The molecule has 2 fully saturated rings. The van der Waals surface area contributed by atoms with Crippen molar-refractivity contribution in [3.05, 3.63) is 0 Å². The molecule has 3 atom stereocenters. The third-order valence-electron chi connectivity index (χ3n) is 3.64. The van der Waals surface area contributed by atoms with Crippen LogP contribution in [0.2, 0.25) is 0 Å². The molecule has 1 spiro atoms. The Labute approximate surface area is 88.4 Å². The van der Waals surface area contributed by atoms with Gasteiger partial charge in [0.1, 0.15) is 11.7 Å². The topological polar surface area (TPSA) is 89.5 Å². The molecule has 0 bridgehead atoms. The Kier molecular flexibility index (Phi) is 1.50. The predicted molar refractivity (Wildman–Crippen MR) is 57.5 cm³/mol. The van der Waals surface area contributed by atoms with Gasteiger partial charge in [-0.2, -0.15) is 0 Å². The Hall–Kier alpha value is -1.46. The van der Waals surface area contributed by atoms with Gasteiger partial charge in [-0.1, -0.05) is 0 Å². The number of rotatable bonds is 0. The van der Waals surface area contributed by atoms with Crippen molar-refractivity contribution in [2.45, 2.75) is 37.5 Å². The summed E-state index contributed by atoms with van der Waals surface area (Å²) in [5.74, 6) is 1.00. The van der Waals surface area contributed by atoms with E-state index < -0.39 is 0 Å². The lowest BCUT2D eigenvalue weighted by Gasteiger charge is -2.47. The molecule has 3 heterocycles. The average molecular weight is 208 g/mol. The summed E-state index contributed by atoms with van der Waals surface area (Å²) in [5, 5.41) is 14.4. The van der Waals surface area contributed by atoms with Crippen molar-refractivity contribution in [2.24, 2.45) is 10.7 Å². The summed E-state index contributed by atoms with van der Waals surface area (Å²) < 4.78 is 0. The van der Waals surface area contributed by atoms with Crippen LogP contribution in [0.25, 0.3) is 0 Å². The Morgan fingerprint density at radius 1 is 1.67 bits per heavy atom. The Bertz CT molecular complexity index is 351. The van der Waals surface area contributed by atoms with Crippen LogP contribution in [0.15, 0.2) is 4.99 Å². The number of nitrogens with zero attached hydrogens (tertiary/aromatic N) is 2. The molecule has 0 aromatic rings. The smallest absolute Gasteiger partial charge is 0.193 e. The number of hydrogen-bond acceptors (Lipinski definition) is 4. The van der Waals surface area contributed by atoms with Gasteiger partial charge in [0.25, 0.3) is 0 Å². The summed E-state index contributed by atoms with van der Waals surface area (Å²) in [4.78, 5) is 6.50. The molecule has 5 N–H and O–H groups in total. The van der Waals surface area contributed by atoms with Gasteiger partial charge in [-0.25, -0.2) is 4.99 Å². The van der Waals surface area contributed by atoms with Crippen molar-refractivity contribution in [3.8, 4) is 0 Å². The quantitative estimate of drug-likeness (QED) is 0.411. The molecular formula is C9H16N6. The maximum atomic E-state index is 7.94. The average Bonchev–Trinajstić information content (AvgIpc) is 2.70. The lowest BCUT2D eigenvalue weighted by molar-refractivity contribution is 0.131. The maximum absolute atomic E-state index is 7.94. The van der Waals surface area contributed by atoms with Crippen LogP contribution in [0.4, 0.5) is 0 Å². The number of nitrogens with one attached hydrogen (secondary N) is 3. The van der Waals surface area contributed by atoms with Crippen LogP contribution in [-0.2, 0) is 0 Å². The number of hydrogen-bond donors (Lipinski definition) is 4. The molecule has 3 aliphatic heterocycles. The molecule has 82 valence electrons. The van der Waals surface area contributed by atoms with E-state index in [1.54, 1.807) is 0 Å². The van der Waals surface area contributed by atoms with E-state index in [1.165, 1.54) is 0 Å². The van der Waals surface area contributed by atoms with E-state index in [1.807, 2.05) is 0 Å². The first-order valence-electron chi connectivity index (χ1n) is 5.38. The zero-order valence-electron chi connectivity index (χ0n) is 8.75. The van der Waals surface area contributed by atoms with Crippen LogP contribution in [-0.4, -0.2) is 41.1 Å². The highest BCUT2D eigenvalue weighted by Crippen LogP contribution is 2.38. The lowest BCUT2D eigenvalue weighted by atomic mass is 9.91. The van der Waals surface area contributed by atoms with Gasteiger partial charge >= 0.3 is 0 Å². The van der Waals surface area contributed by atoms with Crippen molar-refractivity contribution in [2.75, 3.05) is 6.54 Å². The zero-order valence-corrected chi connectivity index (χ0v) is 8.75. The molecule has 6 heteroatoms. The monoisotopic (exact) mass is 208 g/mol. The van der Waals surface area contributed by atoms with Gasteiger partial charge < -0.3 is 21.3 Å². The number of nitrogens with two attached hydrogens (primary N) is 1. The first kappa shape index (κ1) is 8.82. The highest BCUT2D eigenvalue weighted by atomic mass is 15.5. The summed E-state index contributed by atoms with van der Waals surface area (Å²) in [6.45, 7) is 2.96. The van der Waals surface area contributed by atoms with Crippen molar-refractivity contribution in [1.29, 1.82) is 5.41 Å². The molecule has 3 aliphatic rings. The van der Waals surface area contributed by atoms with E-state index in [0.717, 1.165) is 19.4 Å².